The largest absolute Gasteiger partial charge is 0.493 e. The Kier molecular flexibility index (Phi) is 4.38. The van der Waals surface area contributed by atoms with Crippen LogP contribution in [0.4, 0.5) is 18.9 Å². The first kappa shape index (κ1) is 16.5. The van der Waals surface area contributed by atoms with Gasteiger partial charge in [0.2, 0.25) is 5.89 Å². The molecule has 0 amide bonds. The minimum atomic E-state index is -4.78. The maximum Gasteiger partial charge on any atom is 0.470 e. The van der Waals surface area contributed by atoms with Crippen molar-refractivity contribution in [1.82, 2.24) is 10.2 Å². The highest BCUT2D eigenvalue weighted by atomic mass is 19.4. The molecule has 2 aromatic rings. The lowest BCUT2D eigenvalue weighted by Crippen LogP contribution is -2.04. The summed E-state index contributed by atoms with van der Waals surface area (Å²) in [5.41, 5.74) is -0.320. The number of alkyl halides is 3. The van der Waals surface area contributed by atoms with Crippen LogP contribution in [0.15, 0.2) is 16.5 Å². The standard InChI is InChI=1S/C12H10F3N3O5/c1-21-8-3-6(7(18(19)20)5-9(8)22-2)4-10-16-17-11(23-10)12(13,14)15/h3,5H,4H2,1-2H3. The van der Waals surface area contributed by atoms with Gasteiger partial charge in [0, 0.05) is 5.56 Å². The summed E-state index contributed by atoms with van der Waals surface area (Å²) in [6.07, 6.45) is -5.14. The zero-order valence-corrected chi connectivity index (χ0v) is 11.9. The highest BCUT2D eigenvalue weighted by molar-refractivity contribution is 5.54. The van der Waals surface area contributed by atoms with Crippen LogP contribution in [-0.2, 0) is 12.6 Å². The molecule has 0 fully saturated rings. The molecule has 0 N–H and O–H groups in total. The van der Waals surface area contributed by atoms with Gasteiger partial charge in [-0.3, -0.25) is 10.1 Å². The fourth-order valence-electron chi connectivity index (χ4n) is 1.82. The van der Waals surface area contributed by atoms with E-state index in [2.05, 4.69) is 14.6 Å². The molecule has 2 rings (SSSR count). The Labute approximate surface area is 127 Å². The lowest BCUT2D eigenvalue weighted by molar-refractivity contribution is -0.385. The molecule has 8 nitrogen and oxygen atoms in total. The van der Waals surface area contributed by atoms with Crippen molar-refractivity contribution in [2.75, 3.05) is 14.2 Å². The van der Waals surface area contributed by atoms with Gasteiger partial charge in [-0.25, -0.2) is 0 Å². The summed E-state index contributed by atoms with van der Waals surface area (Å²) < 4.78 is 51.7. The van der Waals surface area contributed by atoms with E-state index in [1.165, 1.54) is 20.3 Å². The Bertz CT molecular complexity index is 729. The van der Waals surface area contributed by atoms with E-state index in [1.807, 2.05) is 0 Å². The Morgan fingerprint density at radius 1 is 1.22 bits per heavy atom. The average Bonchev–Trinajstić information content (AvgIpc) is 2.95. The lowest BCUT2D eigenvalue weighted by atomic mass is 10.1. The highest BCUT2D eigenvalue weighted by Crippen LogP contribution is 2.36. The van der Waals surface area contributed by atoms with Crippen molar-refractivity contribution in [2.24, 2.45) is 0 Å². The van der Waals surface area contributed by atoms with Gasteiger partial charge in [0.1, 0.15) is 0 Å². The molecule has 23 heavy (non-hydrogen) atoms. The number of rotatable bonds is 5. The van der Waals surface area contributed by atoms with Crippen LogP contribution in [0, 0.1) is 10.1 Å². The third kappa shape index (κ3) is 3.49. The molecule has 124 valence electrons. The van der Waals surface area contributed by atoms with Gasteiger partial charge in [-0.15, -0.1) is 10.2 Å². The average molecular weight is 333 g/mol. The minimum Gasteiger partial charge on any atom is -0.493 e. The number of hydrogen-bond acceptors (Lipinski definition) is 7. The molecule has 0 radical (unpaired) electrons. The summed E-state index contributed by atoms with van der Waals surface area (Å²) in [5, 5.41) is 17.2. The SMILES string of the molecule is COc1cc(Cc2nnc(C(F)(F)F)o2)c([N+](=O)[O-])cc1OC. The molecule has 0 spiro atoms. The molecule has 0 unspecified atom stereocenters. The third-order valence-corrected chi connectivity index (χ3v) is 2.83. The maximum atomic E-state index is 12.4. The second-order valence-corrected chi connectivity index (χ2v) is 4.27. The van der Waals surface area contributed by atoms with Gasteiger partial charge in [-0.2, -0.15) is 13.2 Å². The highest BCUT2D eigenvalue weighted by Gasteiger charge is 2.38. The fraction of sp³-hybridized carbons (Fsp3) is 0.333. The van der Waals surface area contributed by atoms with Gasteiger partial charge >= 0.3 is 12.1 Å². The number of benzene rings is 1. The van der Waals surface area contributed by atoms with E-state index in [-0.39, 0.29) is 29.2 Å². The molecular formula is C12H10F3N3O5. The van der Waals surface area contributed by atoms with Crippen molar-refractivity contribution in [1.29, 1.82) is 0 Å². The molecule has 1 heterocycles. The number of nitro benzene ring substituents is 1. The zero-order valence-electron chi connectivity index (χ0n) is 11.9. The minimum absolute atomic E-state index is 0.0463. The molecular weight excluding hydrogens is 323 g/mol. The molecule has 11 heteroatoms. The van der Waals surface area contributed by atoms with Gasteiger partial charge in [0.05, 0.1) is 31.6 Å². The quantitative estimate of drug-likeness (QED) is 0.612. The molecule has 0 aliphatic carbocycles. The van der Waals surface area contributed by atoms with Gasteiger partial charge in [-0.05, 0) is 6.07 Å². The predicted octanol–water partition coefficient (Wildman–Crippen LogP) is 2.60. The van der Waals surface area contributed by atoms with Crippen LogP contribution in [0.5, 0.6) is 11.5 Å². The summed E-state index contributed by atoms with van der Waals surface area (Å²) in [4.78, 5) is 10.4. The van der Waals surface area contributed by atoms with Crippen LogP contribution >= 0.6 is 0 Å². The normalized spacial score (nSPS) is 11.3. The van der Waals surface area contributed by atoms with E-state index in [4.69, 9.17) is 9.47 Å². The van der Waals surface area contributed by atoms with E-state index >= 15 is 0 Å². The molecule has 0 aliphatic rings. The summed E-state index contributed by atoms with van der Waals surface area (Å²) >= 11 is 0. The summed E-state index contributed by atoms with van der Waals surface area (Å²) in [7, 11) is 2.62. The molecule has 0 saturated heterocycles. The van der Waals surface area contributed by atoms with E-state index in [0.717, 1.165) is 6.07 Å². The topological polar surface area (TPSA) is 101 Å². The Balaban J connectivity index is 2.42. The summed E-state index contributed by atoms with van der Waals surface area (Å²) in [6.45, 7) is 0. The second kappa shape index (κ2) is 6.10. The van der Waals surface area contributed by atoms with E-state index < -0.39 is 22.9 Å². The van der Waals surface area contributed by atoms with Crippen molar-refractivity contribution in [3.8, 4) is 11.5 Å². The van der Waals surface area contributed by atoms with Crippen molar-refractivity contribution in [3.63, 3.8) is 0 Å². The number of hydrogen-bond donors (Lipinski definition) is 0. The second-order valence-electron chi connectivity index (χ2n) is 4.27. The van der Waals surface area contributed by atoms with Crippen molar-refractivity contribution < 1.29 is 32.0 Å². The Morgan fingerprint density at radius 2 is 1.83 bits per heavy atom. The number of nitrogens with zero attached hydrogens (tertiary/aromatic N) is 3. The lowest BCUT2D eigenvalue weighted by Gasteiger charge is -2.09. The first-order valence-corrected chi connectivity index (χ1v) is 6.05. The van der Waals surface area contributed by atoms with Crippen LogP contribution in [0.2, 0.25) is 0 Å². The van der Waals surface area contributed by atoms with Crippen LogP contribution in [0.3, 0.4) is 0 Å². The van der Waals surface area contributed by atoms with Crippen LogP contribution in [0.1, 0.15) is 17.3 Å². The maximum absolute atomic E-state index is 12.4. The number of halogens is 3. The van der Waals surface area contributed by atoms with Crippen LogP contribution in [-0.4, -0.2) is 29.3 Å². The number of methoxy groups -OCH3 is 2. The fourth-order valence-corrected chi connectivity index (χ4v) is 1.82. The van der Waals surface area contributed by atoms with Gasteiger partial charge in [0.25, 0.3) is 5.69 Å². The van der Waals surface area contributed by atoms with Crippen molar-refractivity contribution >= 4 is 5.69 Å². The first-order chi connectivity index (χ1) is 10.8. The van der Waals surface area contributed by atoms with Gasteiger partial charge in [-0.1, -0.05) is 0 Å². The number of aromatic nitrogens is 2. The zero-order chi connectivity index (χ0) is 17.2. The molecule has 0 atom stereocenters. The van der Waals surface area contributed by atoms with Gasteiger partial charge < -0.3 is 13.9 Å². The molecule has 1 aromatic heterocycles. The molecule has 0 bridgehead atoms. The smallest absolute Gasteiger partial charge is 0.470 e. The summed E-state index contributed by atoms with van der Waals surface area (Å²) in [5.74, 6) is -1.63. The first-order valence-electron chi connectivity index (χ1n) is 6.05. The Morgan fingerprint density at radius 3 is 2.30 bits per heavy atom. The number of ether oxygens (including phenoxy) is 2. The monoisotopic (exact) mass is 333 g/mol. The van der Waals surface area contributed by atoms with Crippen molar-refractivity contribution in [2.45, 2.75) is 12.6 Å². The van der Waals surface area contributed by atoms with Crippen LogP contribution < -0.4 is 9.47 Å². The summed E-state index contributed by atoms with van der Waals surface area (Å²) in [6, 6.07) is 2.38. The third-order valence-electron chi connectivity index (χ3n) is 2.83. The molecule has 0 aliphatic heterocycles. The van der Waals surface area contributed by atoms with Crippen molar-refractivity contribution in [3.05, 3.63) is 39.6 Å². The molecule has 0 saturated carbocycles. The number of nitro groups is 1. The van der Waals surface area contributed by atoms with E-state index in [1.54, 1.807) is 0 Å². The van der Waals surface area contributed by atoms with E-state index in [9.17, 15) is 23.3 Å². The van der Waals surface area contributed by atoms with E-state index in [0.29, 0.717) is 0 Å². The van der Waals surface area contributed by atoms with Crippen LogP contribution in [0.25, 0.3) is 0 Å². The van der Waals surface area contributed by atoms with Gasteiger partial charge in [0.15, 0.2) is 11.5 Å². The Hall–Kier alpha value is -2.85. The predicted molar refractivity (Wildman–Crippen MR) is 68.3 cm³/mol. The molecule has 1 aromatic carbocycles.